The molecule has 256 valence electrons. The lowest BCUT2D eigenvalue weighted by Gasteiger charge is -2.30. The molecule has 0 saturated carbocycles. The Bertz CT molecular complexity index is 2190. The van der Waals surface area contributed by atoms with Crippen LogP contribution >= 0.6 is 0 Å². The van der Waals surface area contributed by atoms with Crippen molar-refractivity contribution >= 4 is 29.0 Å². The molecule has 5 nitrogen and oxygen atoms in total. The highest BCUT2D eigenvalue weighted by Crippen LogP contribution is 2.53. The van der Waals surface area contributed by atoms with Crippen molar-refractivity contribution in [2.24, 2.45) is 0 Å². The van der Waals surface area contributed by atoms with E-state index in [0.29, 0.717) is 26.1 Å². The summed E-state index contributed by atoms with van der Waals surface area (Å²) in [6.07, 6.45) is 3.65. The van der Waals surface area contributed by atoms with E-state index in [1.165, 1.54) is 56.7 Å². The summed E-state index contributed by atoms with van der Waals surface area (Å²) in [4.78, 5) is 25.5. The maximum absolute atomic E-state index is 11.6. The highest BCUT2D eigenvalue weighted by molar-refractivity contribution is 5.88. The van der Waals surface area contributed by atoms with Crippen molar-refractivity contribution in [3.8, 4) is 22.3 Å². The van der Waals surface area contributed by atoms with Crippen molar-refractivity contribution in [3.63, 3.8) is 0 Å². The fourth-order valence-electron chi connectivity index (χ4n) is 7.81. The molecule has 0 heterocycles. The Labute approximate surface area is 300 Å². The van der Waals surface area contributed by atoms with Crippen LogP contribution in [-0.2, 0) is 42.7 Å². The quantitative estimate of drug-likeness (QED) is 0.103. The van der Waals surface area contributed by atoms with E-state index < -0.39 is 11.9 Å². The van der Waals surface area contributed by atoms with Gasteiger partial charge < -0.3 is 14.4 Å². The predicted octanol–water partition coefficient (Wildman–Crippen LogP) is 10.3. The van der Waals surface area contributed by atoms with Gasteiger partial charge in [0, 0.05) is 52.9 Å². The van der Waals surface area contributed by atoms with Gasteiger partial charge in [0.25, 0.3) is 0 Å². The molecular weight excluding hydrogens is 631 g/mol. The summed E-state index contributed by atoms with van der Waals surface area (Å²) in [6, 6.07) is 37.5. The monoisotopic (exact) mass is 673 g/mol. The summed E-state index contributed by atoms with van der Waals surface area (Å²) in [5.41, 5.74) is 15.3. The van der Waals surface area contributed by atoms with Gasteiger partial charge in [-0.15, -0.1) is 0 Å². The summed E-state index contributed by atoms with van der Waals surface area (Å²) in [6.45, 7) is 16.8. The van der Waals surface area contributed by atoms with Crippen molar-refractivity contribution in [1.82, 2.24) is 0 Å². The molecule has 0 N–H and O–H groups in total. The molecule has 2 aliphatic carbocycles. The van der Waals surface area contributed by atoms with Crippen molar-refractivity contribution in [2.45, 2.75) is 51.4 Å². The Hall–Kier alpha value is -5.68. The van der Waals surface area contributed by atoms with Crippen LogP contribution in [0.15, 0.2) is 128 Å². The number of ether oxygens (including phenoxy) is 2. The molecule has 0 unspecified atom stereocenters. The molecule has 0 spiro atoms. The van der Waals surface area contributed by atoms with Crippen LogP contribution in [0.5, 0.6) is 0 Å². The van der Waals surface area contributed by atoms with E-state index in [9.17, 15) is 9.59 Å². The lowest BCUT2D eigenvalue weighted by atomic mass is 9.81. The summed E-state index contributed by atoms with van der Waals surface area (Å²) in [5, 5.41) is 0. The lowest BCUT2D eigenvalue weighted by molar-refractivity contribution is -0.138. The molecule has 0 aromatic heterocycles. The number of hydrogen-bond acceptors (Lipinski definition) is 5. The number of carbonyl (C=O) groups excluding carboxylic acids is 2. The zero-order valence-corrected chi connectivity index (χ0v) is 29.8. The van der Waals surface area contributed by atoms with Crippen LogP contribution in [0.2, 0.25) is 0 Å². The summed E-state index contributed by atoms with van der Waals surface area (Å²) in [7, 11) is 0. The summed E-state index contributed by atoms with van der Waals surface area (Å²) < 4.78 is 10.5. The number of anilines is 3. The molecule has 7 rings (SSSR count). The molecule has 2 aliphatic rings. The third-order valence-electron chi connectivity index (χ3n) is 10.6. The van der Waals surface area contributed by atoms with Crippen molar-refractivity contribution in [3.05, 3.63) is 162 Å². The van der Waals surface area contributed by atoms with Gasteiger partial charge in [-0.3, -0.25) is 0 Å². The SMILES string of the molecule is C=CC(=O)OCCc1ccc(N(c2ccc3c(c2)C(C)(C)c2ccccc2-3)c2ccc3c(c2)C(C)(C)c2cc(CCOC(=O)C=C)ccc2-3)cc1. The number of benzene rings is 5. The molecule has 0 amide bonds. The second-order valence-corrected chi connectivity index (χ2v) is 14.4. The van der Waals surface area contributed by atoms with E-state index in [4.69, 9.17) is 9.47 Å². The molecule has 5 aromatic rings. The van der Waals surface area contributed by atoms with E-state index in [1.807, 2.05) is 0 Å². The highest BCUT2D eigenvalue weighted by Gasteiger charge is 2.38. The first kappa shape index (κ1) is 33.8. The molecule has 0 atom stereocenters. The molecule has 0 aliphatic heterocycles. The molecule has 5 aromatic carbocycles. The minimum atomic E-state index is -0.411. The normalized spacial score (nSPS) is 14.0. The smallest absolute Gasteiger partial charge is 0.330 e. The van der Waals surface area contributed by atoms with Gasteiger partial charge in [0.05, 0.1) is 13.2 Å². The molecule has 0 radical (unpaired) electrons. The minimum absolute atomic E-state index is 0.135. The Morgan fingerprint density at radius 1 is 0.549 bits per heavy atom. The summed E-state index contributed by atoms with van der Waals surface area (Å²) in [5.74, 6) is -0.812. The zero-order chi connectivity index (χ0) is 35.9. The minimum Gasteiger partial charge on any atom is -0.462 e. The number of nitrogens with zero attached hydrogens (tertiary/aromatic N) is 1. The van der Waals surface area contributed by atoms with Crippen LogP contribution in [0.3, 0.4) is 0 Å². The van der Waals surface area contributed by atoms with Gasteiger partial charge in [0.2, 0.25) is 0 Å². The predicted molar refractivity (Wildman–Crippen MR) is 206 cm³/mol. The maximum Gasteiger partial charge on any atom is 0.330 e. The molecule has 51 heavy (non-hydrogen) atoms. The molecule has 0 saturated heterocycles. The number of carbonyl (C=O) groups is 2. The number of fused-ring (bicyclic) bond motifs is 6. The van der Waals surface area contributed by atoms with E-state index in [2.05, 4.69) is 149 Å². The fourth-order valence-corrected chi connectivity index (χ4v) is 7.81. The first-order chi connectivity index (χ1) is 24.5. The van der Waals surface area contributed by atoms with Crippen LogP contribution < -0.4 is 4.90 Å². The van der Waals surface area contributed by atoms with Gasteiger partial charge >= 0.3 is 11.9 Å². The lowest BCUT2D eigenvalue weighted by Crippen LogP contribution is -2.18. The van der Waals surface area contributed by atoms with Gasteiger partial charge in [-0.25, -0.2) is 9.59 Å². The zero-order valence-electron chi connectivity index (χ0n) is 29.8. The first-order valence-corrected chi connectivity index (χ1v) is 17.5. The Kier molecular flexibility index (Phi) is 8.76. The van der Waals surface area contributed by atoms with Crippen LogP contribution in [0, 0.1) is 0 Å². The van der Waals surface area contributed by atoms with Gasteiger partial charge in [-0.1, -0.05) is 108 Å². The number of hydrogen-bond donors (Lipinski definition) is 0. The van der Waals surface area contributed by atoms with Gasteiger partial charge in [0.1, 0.15) is 0 Å². The van der Waals surface area contributed by atoms with Crippen molar-refractivity contribution < 1.29 is 19.1 Å². The molecule has 0 bridgehead atoms. The van der Waals surface area contributed by atoms with Crippen molar-refractivity contribution in [2.75, 3.05) is 18.1 Å². The largest absolute Gasteiger partial charge is 0.462 e. The van der Waals surface area contributed by atoms with E-state index in [1.54, 1.807) is 0 Å². The third-order valence-corrected chi connectivity index (χ3v) is 10.6. The van der Waals surface area contributed by atoms with Crippen LogP contribution in [-0.4, -0.2) is 25.2 Å². The Morgan fingerprint density at radius 2 is 0.980 bits per heavy atom. The Morgan fingerprint density at radius 3 is 1.55 bits per heavy atom. The van der Waals surface area contributed by atoms with Crippen LogP contribution in [0.1, 0.15) is 61.1 Å². The molecule has 0 fully saturated rings. The van der Waals surface area contributed by atoms with Gasteiger partial charge in [0.15, 0.2) is 0 Å². The summed E-state index contributed by atoms with van der Waals surface area (Å²) >= 11 is 0. The second-order valence-electron chi connectivity index (χ2n) is 14.4. The topological polar surface area (TPSA) is 55.8 Å². The molecular formula is C46H43NO4. The second kappa shape index (κ2) is 13.2. The maximum atomic E-state index is 11.6. The van der Waals surface area contributed by atoms with E-state index >= 15 is 0 Å². The number of esters is 2. The van der Waals surface area contributed by atoms with Gasteiger partial charge in [-0.05, 0) is 92.0 Å². The molecule has 5 heteroatoms. The van der Waals surface area contributed by atoms with Crippen LogP contribution in [0.4, 0.5) is 17.1 Å². The van der Waals surface area contributed by atoms with Crippen LogP contribution in [0.25, 0.3) is 22.3 Å². The van der Waals surface area contributed by atoms with Crippen molar-refractivity contribution in [1.29, 1.82) is 0 Å². The third kappa shape index (κ3) is 6.07. The average molecular weight is 674 g/mol. The first-order valence-electron chi connectivity index (χ1n) is 17.5. The average Bonchev–Trinajstić information content (AvgIpc) is 3.51. The van der Waals surface area contributed by atoms with E-state index in [-0.39, 0.29) is 10.8 Å². The highest BCUT2D eigenvalue weighted by atomic mass is 16.5. The van der Waals surface area contributed by atoms with E-state index in [0.717, 1.165) is 28.2 Å². The number of rotatable bonds is 11. The Balaban J connectivity index is 1.27. The fraction of sp³-hybridized carbons (Fsp3) is 0.217. The standard InChI is InChI=1S/C46H43NO4/c1-7-43(48)50-25-23-30-13-16-32(17-14-30)47(33-18-21-37-35-11-9-10-12-39(35)45(3,4)41(37)28-33)34-19-22-38-36-20-15-31(24-26-51-44(49)8-2)27-40(36)46(5,6)42(38)29-34/h7-22,27-29H,1-2,23-26H2,3-6H3. The van der Waals surface area contributed by atoms with Gasteiger partial charge in [-0.2, -0.15) is 0 Å².